The largest absolute Gasteiger partial charge is 0.306 e. The highest BCUT2D eigenvalue weighted by molar-refractivity contribution is 9.10. The molecule has 1 unspecified atom stereocenters. The van der Waals surface area contributed by atoms with E-state index in [4.69, 9.17) is 11.6 Å². The molecule has 100 valence electrons. The quantitative estimate of drug-likeness (QED) is 0.830. The molecule has 0 amide bonds. The third-order valence-corrected chi connectivity index (χ3v) is 3.85. The van der Waals surface area contributed by atoms with Gasteiger partial charge in [0.05, 0.1) is 10.5 Å². The number of rotatable bonds is 4. The summed E-state index contributed by atoms with van der Waals surface area (Å²) in [5.74, 6) is -0.266. The maximum Gasteiger partial charge on any atom is 0.137 e. The summed E-state index contributed by atoms with van der Waals surface area (Å²) in [4.78, 5) is 0. The van der Waals surface area contributed by atoms with Crippen LogP contribution in [-0.4, -0.2) is 6.54 Å². The zero-order valence-electron chi connectivity index (χ0n) is 10.5. The number of nitrogens with one attached hydrogen (secondary N) is 1. The van der Waals surface area contributed by atoms with E-state index in [1.807, 2.05) is 31.2 Å². The van der Waals surface area contributed by atoms with Gasteiger partial charge in [0.1, 0.15) is 5.82 Å². The zero-order chi connectivity index (χ0) is 13.8. The Morgan fingerprint density at radius 2 is 2.00 bits per heavy atom. The molecule has 2 rings (SSSR count). The fourth-order valence-electron chi connectivity index (χ4n) is 2.01. The molecule has 0 spiro atoms. The first-order valence-corrected chi connectivity index (χ1v) is 7.23. The summed E-state index contributed by atoms with van der Waals surface area (Å²) < 4.78 is 13.8. The molecule has 0 aromatic heterocycles. The van der Waals surface area contributed by atoms with Gasteiger partial charge in [-0.25, -0.2) is 4.39 Å². The lowest BCUT2D eigenvalue weighted by molar-refractivity contribution is 0.608. The van der Waals surface area contributed by atoms with Crippen LogP contribution in [0.4, 0.5) is 4.39 Å². The maximum absolute atomic E-state index is 13.3. The molecule has 0 aliphatic carbocycles. The van der Waals surface area contributed by atoms with Gasteiger partial charge in [-0.05, 0) is 51.8 Å². The highest BCUT2D eigenvalue weighted by Gasteiger charge is 2.16. The summed E-state index contributed by atoms with van der Waals surface area (Å²) in [5.41, 5.74) is 1.97. The predicted molar refractivity (Wildman–Crippen MR) is 81.1 cm³/mol. The number of halogens is 3. The summed E-state index contributed by atoms with van der Waals surface area (Å²) in [6.45, 7) is 2.83. The molecule has 0 bridgehead atoms. The lowest BCUT2D eigenvalue weighted by Gasteiger charge is -2.20. The monoisotopic (exact) mass is 341 g/mol. The Bertz CT molecular complexity index is 574. The molecule has 0 saturated carbocycles. The van der Waals surface area contributed by atoms with Gasteiger partial charge in [0, 0.05) is 5.02 Å². The van der Waals surface area contributed by atoms with Crippen LogP contribution in [-0.2, 0) is 0 Å². The topological polar surface area (TPSA) is 12.0 Å². The third kappa shape index (κ3) is 3.35. The highest BCUT2D eigenvalue weighted by Crippen LogP contribution is 2.30. The highest BCUT2D eigenvalue weighted by atomic mass is 79.9. The first kappa shape index (κ1) is 14.5. The Kier molecular flexibility index (Phi) is 4.97. The van der Waals surface area contributed by atoms with Gasteiger partial charge in [-0.3, -0.25) is 0 Å². The van der Waals surface area contributed by atoms with Crippen molar-refractivity contribution in [3.8, 4) is 0 Å². The van der Waals surface area contributed by atoms with Crippen LogP contribution in [0.15, 0.2) is 46.9 Å². The van der Waals surface area contributed by atoms with Crippen LogP contribution < -0.4 is 5.32 Å². The van der Waals surface area contributed by atoms with E-state index < -0.39 is 0 Å². The van der Waals surface area contributed by atoms with Gasteiger partial charge in [0.25, 0.3) is 0 Å². The van der Waals surface area contributed by atoms with Crippen LogP contribution in [0.3, 0.4) is 0 Å². The van der Waals surface area contributed by atoms with E-state index in [-0.39, 0.29) is 11.9 Å². The second kappa shape index (κ2) is 6.51. The number of hydrogen-bond acceptors (Lipinski definition) is 1. The Balaban J connectivity index is 2.45. The van der Waals surface area contributed by atoms with Gasteiger partial charge < -0.3 is 5.32 Å². The maximum atomic E-state index is 13.3. The van der Waals surface area contributed by atoms with E-state index in [0.29, 0.717) is 9.50 Å². The third-order valence-electron chi connectivity index (χ3n) is 2.90. The van der Waals surface area contributed by atoms with Crippen LogP contribution in [0.5, 0.6) is 0 Å². The van der Waals surface area contributed by atoms with E-state index in [9.17, 15) is 4.39 Å². The smallest absolute Gasteiger partial charge is 0.137 e. The van der Waals surface area contributed by atoms with E-state index in [0.717, 1.165) is 17.7 Å². The van der Waals surface area contributed by atoms with Crippen LogP contribution in [0.2, 0.25) is 5.02 Å². The molecular weight excluding hydrogens is 329 g/mol. The first-order valence-electron chi connectivity index (χ1n) is 6.06. The van der Waals surface area contributed by atoms with Crippen molar-refractivity contribution in [2.24, 2.45) is 0 Å². The molecule has 0 radical (unpaired) electrons. The molecule has 0 fully saturated rings. The molecule has 1 atom stereocenters. The van der Waals surface area contributed by atoms with Crippen LogP contribution in [0.1, 0.15) is 24.1 Å². The molecule has 0 heterocycles. The van der Waals surface area contributed by atoms with Crippen LogP contribution >= 0.6 is 27.5 Å². The van der Waals surface area contributed by atoms with Crippen molar-refractivity contribution in [3.63, 3.8) is 0 Å². The molecular formula is C15H14BrClFN. The van der Waals surface area contributed by atoms with Crippen molar-refractivity contribution < 1.29 is 4.39 Å². The summed E-state index contributed by atoms with van der Waals surface area (Å²) in [6.07, 6.45) is 0. The second-order valence-corrected chi connectivity index (χ2v) is 5.45. The van der Waals surface area contributed by atoms with Gasteiger partial charge in [-0.1, -0.05) is 42.8 Å². The van der Waals surface area contributed by atoms with E-state index >= 15 is 0 Å². The minimum atomic E-state index is -0.266. The van der Waals surface area contributed by atoms with Crippen LogP contribution in [0, 0.1) is 5.82 Å². The lowest BCUT2D eigenvalue weighted by Crippen LogP contribution is -2.22. The van der Waals surface area contributed by atoms with E-state index in [1.54, 1.807) is 12.1 Å². The minimum absolute atomic E-state index is 0.0457. The normalized spacial score (nSPS) is 12.4. The molecule has 0 aliphatic heterocycles. The second-order valence-electron chi connectivity index (χ2n) is 4.19. The van der Waals surface area contributed by atoms with Gasteiger partial charge >= 0.3 is 0 Å². The summed E-state index contributed by atoms with van der Waals surface area (Å²) in [5, 5.41) is 4.08. The fraction of sp³-hybridized carbons (Fsp3) is 0.200. The summed E-state index contributed by atoms with van der Waals surface area (Å²) in [6, 6.07) is 12.7. The molecule has 2 aromatic carbocycles. The summed E-state index contributed by atoms with van der Waals surface area (Å²) in [7, 11) is 0. The minimum Gasteiger partial charge on any atom is -0.306 e. The Hall–Kier alpha value is -0.900. The van der Waals surface area contributed by atoms with Crippen molar-refractivity contribution in [2.45, 2.75) is 13.0 Å². The zero-order valence-corrected chi connectivity index (χ0v) is 12.8. The fourth-order valence-corrected chi connectivity index (χ4v) is 2.65. The predicted octanol–water partition coefficient (Wildman–Crippen LogP) is 4.94. The van der Waals surface area contributed by atoms with E-state index in [2.05, 4.69) is 21.2 Å². The lowest BCUT2D eigenvalue weighted by atomic mass is 9.98. The van der Waals surface area contributed by atoms with Crippen LogP contribution in [0.25, 0.3) is 0 Å². The van der Waals surface area contributed by atoms with Gasteiger partial charge in [0.15, 0.2) is 0 Å². The average Bonchev–Trinajstić information content (AvgIpc) is 2.40. The van der Waals surface area contributed by atoms with E-state index in [1.165, 1.54) is 6.07 Å². The van der Waals surface area contributed by atoms with Crippen molar-refractivity contribution in [2.75, 3.05) is 6.54 Å². The number of hydrogen-bond donors (Lipinski definition) is 1. The molecule has 1 N–H and O–H groups in total. The van der Waals surface area contributed by atoms with Crippen molar-refractivity contribution in [3.05, 3.63) is 68.9 Å². The molecule has 1 nitrogen and oxygen atoms in total. The standard InChI is InChI=1S/C15H14BrClFN/c1-2-19-15(11-5-3-4-6-13(11)17)10-7-8-14(18)12(16)9-10/h3-9,15,19H,2H2,1H3. The SMILES string of the molecule is CCNC(c1ccc(F)c(Br)c1)c1ccccc1Cl. The Morgan fingerprint density at radius 3 is 2.63 bits per heavy atom. The van der Waals surface area contributed by atoms with Gasteiger partial charge in [0.2, 0.25) is 0 Å². The van der Waals surface area contributed by atoms with Gasteiger partial charge in [-0.15, -0.1) is 0 Å². The molecule has 0 saturated heterocycles. The first-order chi connectivity index (χ1) is 9.13. The summed E-state index contributed by atoms with van der Waals surface area (Å²) >= 11 is 9.47. The van der Waals surface area contributed by atoms with Crippen molar-refractivity contribution >= 4 is 27.5 Å². The average molecular weight is 343 g/mol. The Morgan fingerprint density at radius 1 is 1.26 bits per heavy atom. The van der Waals surface area contributed by atoms with Gasteiger partial charge in [-0.2, -0.15) is 0 Å². The molecule has 2 aromatic rings. The van der Waals surface area contributed by atoms with Crippen molar-refractivity contribution in [1.82, 2.24) is 5.32 Å². The Labute approximate surface area is 125 Å². The molecule has 4 heteroatoms. The molecule has 0 aliphatic rings. The number of benzene rings is 2. The molecule has 19 heavy (non-hydrogen) atoms. The van der Waals surface area contributed by atoms with Crippen molar-refractivity contribution in [1.29, 1.82) is 0 Å².